The summed E-state index contributed by atoms with van der Waals surface area (Å²) in [5, 5.41) is 5.45. The van der Waals surface area contributed by atoms with Crippen LogP contribution >= 0.6 is 18.6 Å². The van der Waals surface area contributed by atoms with Gasteiger partial charge in [-0.25, -0.2) is 0 Å². The summed E-state index contributed by atoms with van der Waals surface area (Å²) in [6.45, 7) is 8.22. The average molecular weight is 419 g/mol. The zero-order valence-electron chi connectivity index (χ0n) is 15.7. The first-order valence-corrected chi connectivity index (χ1v) is 13.7. The van der Waals surface area contributed by atoms with Crippen LogP contribution in [0.4, 0.5) is 0 Å². The molecule has 0 heterocycles. The Hall–Kier alpha value is -1.18. The monoisotopic (exact) mass is 418 g/mol. The smallest absolute Gasteiger partial charge is 0.0809 e. The molecule has 0 spiro atoms. The van der Waals surface area contributed by atoms with Gasteiger partial charge in [-0.2, -0.15) is 23.3 Å². The van der Waals surface area contributed by atoms with E-state index in [1.54, 1.807) is 0 Å². The van der Waals surface area contributed by atoms with Crippen molar-refractivity contribution in [2.75, 3.05) is 0 Å². The first-order valence-electron chi connectivity index (χ1n) is 8.60. The van der Waals surface area contributed by atoms with Crippen molar-refractivity contribution >= 4 is 44.0 Å². The van der Waals surface area contributed by atoms with E-state index in [-0.39, 0.29) is 0 Å². The maximum atomic E-state index is 5.51. The predicted molar refractivity (Wildman–Crippen MR) is 117 cm³/mol. The Morgan fingerprint density at radius 2 is 1.08 bits per heavy atom. The fourth-order valence-corrected chi connectivity index (χ4v) is 2.61. The van der Waals surface area contributed by atoms with Crippen molar-refractivity contribution < 1.29 is 15.3 Å². The van der Waals surface area contributed by atoms with Crippen LogP contribution in [0.25, 0.3) is 21.5 Å². The Morgan fingerprint density at radius 1 is 0.731 bits per heavy atom. The minimum absolute atomic E-state index is 1.21. The van der Waals surface area contributed by atoms with E-state index in [9.17, 15) is 0 Å². The van der Waals surface area contributed by atoms with E-state index >= 15 is 0 Å². The molecule has 0 aliphatic carbocycles. The average Bonchev–Trinajstić information content (AvgIpc) is 3.20. The van der Waals surface area contributed by atoms with Gasteiger partial charge in [0.25, 0.3) is 0 Å². The molecule has 0 aliphatic rings. The van der Waals surface area contributed by atoms with Crippen molar-refractivity contribution in [1.29, 1.82) is 0 Å². The van der Waals surface area contributed by atoms with E-state index in [0.717, 1.165) is 0 Å². The van der Waals surface area contributed by atoms with Crippen molar-refractivity contribution in [3.63, 3.8) is 0 Å². The molecule has 4 aromatic carbocycles. The maximum Gasteiger partial charge on any atom is -0.0809 e. The van der Waals surface area contributed by atoms with Crippen LogP contribution < -0.4 is 0 Å². The first-order chi connectivity index (χ1) is 12.4. The molecule has 0 saturated carbocycles. The van der Waals surface area contributed by atoms with E-state index < -0.39 is 15.3 Å². The zero-order chi connectivity index (χ0) is 19.1. The Morgan fingerprint density at radius 3 is 1.38 bits per heavy atom. The van der Waals surface area contributed by atoms with Gasteiger partial charge in [0.1, 0.15) is 0 Å². The number of halogens is 2. The van der Waals surface area contributed by atoms with Crippen molar-refractivity contribution in [3.05, 3.63) is 83.9 Å². The van der Waals surface area contributed by atoms with Crippen LogP contribution in [-0.4, -0.2) is 3.81 Å². The molecular formula is C23H24Cl2Ti-2. The molecular weight excluding hydrogens is 395 g/mol. The molecule has 136 valence electrons. The van der Waals surface area contributed by atoms with Gasteiger partial charge in [-0.15, -0.1) is 70.1 Å². The number of aryl methyl sites for hydroxylation is 2. The summed E-state index contributed by atoms with van der Waals surface area (Å²) < 4.78 is 1.21. The molecule has 0 aromatic heterocycles. The van der Waals surface area contributed by atoms with Gasteiger partial charge in [0.15, 0.2) is 0 Å². The van der Waals surface area contributed by atoms with Crippen LogP contribution in [0.3, 0.4) is 0 Å². The van der Waals surface area contributed by atoms with Crippen molar-refractivity contribution in [3.8, 4) is 0 Å². The molecule has 4 aromatic rings. The number of hydrogen-bond acceptors (Lipinski definition) is 0. The van der Waals surface area contributed by atoms with E-state index in [2.05, 4.69) is 86.6 Å². The predicted octanol–water partition coefficient (Wildman–Crippen LogP) is 7.86. The van der Waals surface area contributed by atoms with Crippen molar-refractivity contribution in [1.82, 2.24) is 0 Å². The number of fused-ring (bicyclic) bond motifs is 2. The van der Waals surface area contributed by atoms with Gasteiger partial charge in [-0.1, -0.05) is 26.0 Å². The molecule has 0 amide bonds. The zero-order valence-corrected chi connectivity index (χ0v) is 18.8. The third-order valence-electron chi connectivity index (χ3n) is 4.18. The Bertz CT molecular complexity index is 915. The van der Waals surface area contributed by atoms with E-state index in [1.165, 1.54) is 36.5 Å². The quantitative estimate of drug-likeness (QED) is 0.201. The van der Waals surface area contributed by atoms with Gasteiger partial charge in [-0.05, 0) is 0 Å². The summed E-state index contributed by atoms with van der Waals surface area (Å²) in [6.07, 6.45) is 0. The number of rotatable bonds is 0. The minimum atomic E-state index is -1.60. The summed E-state index contributed by atoms with van der Waals surface area (Å²) in [4.78, 5) is 0. The van der Waals surface area contributed by atoms with Gasteiger partial charge >= 0.3 is 51.6 Å². The second-order valence-electron chi connectivity index (χ2n) is 6.47. The molecule has 0 N–H and O–H groups in total. The third-order valence-corrected chi connectivity index (χ3v) is 8.47. The van der Waals surface area contributed by atoms with Gasteiger partial charge in [-0.3, -0.25) is 0 Å². The van der Waals surface area contributed by atoms with Gasteiger partial charge in [0.2, 0.25) is 0 Å². The molecule has 0 unspecified atom stereocenters. The molecule has 0 bridgehead atoms. The summed E-state index contributed by atoms with van der Waals surface area (Å²) in [7, 11) is 11.0. The normalized spacial score (nSPS) is 9.92. The van der Waals surface area contributed by atoms with E-state index in [4.69, 9.17) is 18.6 Å². The topological polar surface area (TPSA) is 0 Å². The molecule has 4 rings (SSSR count). The van der Waals surface area contributed by atoms with Gasteiger partial charge in [0.05, 0.1) is 0 Å². The van der Waals surface area contributed by atoms with Crippen LogP contribution in [0.5, 0.6) is 0 Å². The van der Waals surface area contributed by atoms with Crippen LogP contribution in [0, 0.1) is 13.8 Å². The number of benzene rings is 2. The molecule has 0 aliphatic heterocycles. The van der Waals surface area contributed by atoms with Crippen molar-refractivity contribution in [2.24, 2.45) is 0 Å². The Kier molecular flexibility index (Phi) is 8.32. The van der Waals surface area contributed by atoms with Gasteiger partial charge < -0.3 is 0 Å². The van der Waals surface area contributed by atoms with Crippen LogP contribution in [0.15, 0.2) is 72.8 Å². The van der Waals surface area contributed by atoms with Crippen LogP contribution in [-0.2, 0) is 15.3 Å². The molecule has 26 heavy (non-hydrogen) atoms. The first kappa shape index (κ1) is 21.1. The summed E-state index contributed by atoms with van der Waals surface area (Å²) in [5.41, 5.74) is 2.74. The minimum Gasteiger partial charge on any atom is -0.156 e. The summed E-state index contributed by atoms with van der Waals surface area (Å²) in [5.74, 6) is 0. The van der Waals surface area contributed by atoms with Crippen LogP contribution in [0.2, 0.25) is 0 Å². The molecule has 0 atom stereocenters. The number of hydrogen-bond donors (Lipinski definition) is 0. The largest absolute Gasteiger partial charge is 0.156 e. The fourth-order valence-electron chi connectivity index (χ4n) is 2.61. The summed E-state index contributed by atoms with van der Waals surface area (Å²) >= 11 is -1.60. The Balaban J connectivity index is 0.000000146. The third kappa shape index (κ3) is 5.93. The summed E-state index contributed by atoms with van der Waals surface area (Å²) in [6, 6.07) is 25.5. The maximum absolute atomic E-state index is 5.51. The Labute approximate surface area is 170 Å². The van der Waals surface area contributed by atoms with Gasteiger partial charge in [0, 0.05) is 0 Å². The fraction of sp³-hybridized carbons (Fsp3) is 0.174. The SMILES string of the molecule is C[C](C)=[Ti]([Cl])[Cl].Cc1c[cH-]c2ccccc12.Cc1c[cH-]c2ccccc12. The van der Waals surface area contributed by atoms with E-state index in [0.29, 0.717) is 0 Å². The van der Waals surface area contributed by atoms with E-state index in [1.807, 2.05) is 13.8 Å². The molecule has 3 heteroatoms. The molecule has 0 nitrogen and oxygen atoms in total. The molecule has 0 saturated heterocycles. The molecule has 0 radical (unpaired) electrons. The molecule has 0 fully saturated rings. The second kappa shape index (κ2) is 10.2. The standard InChI is InChI=1S/2C10H9.C3H6.2ClH.Ti/c2*1-8-6-7-9-4-2-3-5-10(8)9;1-3-2;;;/h2*2-7H,1H3;1-2H3;2*1H;/q2*-1;;;;+2/p-2. The second-order valence-corrected chi connectivity index (χ2v) is 12.8. The van der Waals surface area contributed by atoms with Crippen molar-refractivity contribution in [2.45, 2.75) is 27.7 Å². The van der Waals surface area contributed by atoms with Crippen LogP contribution in [0.1, 0.15) is 25.0 Å².